The predicted octanol–water partition coefficient (Wildman–Crippen LogP) is 3.40. The van der Waals surface area contributed by atoms with Crippen molar-refractivity contribution in [2.75, 3.05) is 13.7 Å². The highest BCUT2D eigenvalue weighted by Crippen LogP contribution is 2.24. The van der Waals surface area contributed by atoms with Gasteiger partial charge in [-0.25, -0.2) is 0 Å². The van der Waals surface area contributed by atoms with Crippen LogP contribution < -0.4 is 5.32 Å². The number of methoxy groups -OCH3 is 1. The minimum absolute atomic E-state index is 0.212. The Hall–Kier alpha value is -0.860. The normalized spacial score (nSPS) is 14.9. The van der Waals surface area contributed by atoms with E-state index in [1.54, 1.807) is 7.11 Å². The van der Waals surface area contributed by atoms with Gasteiger partial charge in [0.1, 0.15) is 0 Å². The Bertz CT molecular complexity index is 297. The summed E-state index contributed by atoms with van der Waals surface area (Å²) in [6, 6.07) is 10.8. The van der Waals surface area contributed by atoms with Crippen LogP contribution in [0.1, 0.15) is 38.8 Å². The van der Waals surface area contributed by atoms with Gasteiger partial charge in [0.15, 0.2) is 0 Å². The van der Waals surface area contributed by atoms with Crippen LogP contribution in [0.3, 0.4) is 0 Å². The van der Waals surface area contributed by atoms with Gasteiger partial charge in [-0.2, -0.15) is 0 Å². The summed E-state index contributed by atoms with van der Waals surface area (Å²) in [6.45, 7) is 7.62. The lowest BCUT2D eigenvalue weighted by Crippen LogP contribution is -2.37. The third kappa shape index (κ3) is 4.14. The summed E-state index contributed by atoms with van der Waals surface area (Å²) in [5, 5.41) is 3.59. The second-order valence-electron chi connectivity index (χ2n) is 4.79. The summed E-state index contributed by atoms with van der Waals surface area (Å²) in [5.74, 6) is 0.495. The standard InChI is InChI=1S/C15H25NO/c1-5-11-16-14(15(17-4)12(2)3)13-9-7-6-8-10-13/h6-10,12,14-16H,5,11H2,1-4H3. The maximum atomic E-state index is 5.66. The minimum Gasteiger partial charge on any atom is -0.379 e. The first-order valence-corrected chi connectivity index (χ1v) is 6.51. The highest BCUT2D eigenvalue weighted by Gasteiger charge is 2.24. The molecule has 0 aliphatic heterocycles. The van der Waals surface area contributed by atoms with Crippen molar-refractivity contribution in [1.29, 1.82) is 0 Å². The van der Waals surface area contributed by atoms with Crippen LogP contribution in [0.5, 0.6) is 0 Å². The fourth-order valence-electron chi connectivity index (χ4n) is 2.18. The molecule has 2 nitrogen and oxygen atoms in total. The molecular formula is C15H25NO. The Balaban J connectivity index is 2.86. The molecule has 0 aliphatic carbocycles. The zero-order chi connectivity index (χ0) is 12.7. The molecule has 2 atom stereocenters. The second-order valence-corrected chi connectivity index (χ2v) is 4.79. The molecule has 0 spiro atoms. The first-order chi connectivity index (χ1) is 8.20. The first-order valence-electron chi connectivity index (χ1n) is 6.51. The van der Waals surface area contributed by atoms with Crippen molar-refractivity contribution in [3.8, 4) is 0 Å². The molecule has 0 radical (unpaired) electrons. The van der Waals surface area contributed by atoms with E-state index in [4.69, 9.17) is 4.74 Å². The monoisotopic (exact) mass is 235 g/mol. The van der Waals surface area contributed by atoms with Gasteiger partial charge in [0.05, 0.1) is 12.1 Å². The topological polar surface area (TPSA) is 21.3 Å². The van der Waals surface area contributed by atoms with Crippen LogP contribution in [0.4, 0.5) is 0 Å². The van der Waals surface area contributed by atoms with E-state index in [0.717, 1.165) is 13.0 Å². The summed E-state index contributed by atoms with van der Waals surface area (Å²) in [7, 11) is 1.80. The van der Waals surface area contributed by atoms with Crippen LogP contribution >= 0.6 is 0 Å². The molecule has 1 aromatic rings. The van der Waals surface area contributed by atoms with Crippen molar-refractivity contribution >= 4 is 0 Å². The van der Waals surface area contributed by atoms with Gasteiger partial charge in [-0.05, 0) is 24.4 Å². The third-order valence-corrected chi connectivity index (χ3v) is 3.03. The number of ether oxygens (including phenoxy) is 1. The molecule has 1 rings (SSSR count). The Kier molecular flexibility index (Phi) is 6.23. The molecule has 1 N–H and O–H groups in total. The van der Waals surface area contributed by atoms with Crippen LogP contribution in [0.25, 0.3) is 0 Å². The average Bonchev–Trinajstić information content (AvgIpc) is 2.35. The van der Waals surface area contributed by atoms with Gasteiger partial charge in [0.25, 0.3) is 0 Å². The van der Waals surface area contributed by atoms with E-state index >= 15 is 0 Å². The molecule has 2 heteroatoms. The van der Waals surface area contributed by atoms with Gasteiger partial charge in [0, 0.05) is 7.11 Å². The molecule has 0 amide bonds. The molecule has 0 fully saturated rings. The van der Waals surface area contributed by atoms with Crippen LogP contribution in [-0.2, 0) is 4.74 Å². The lowest BCUT2D eigenvalue weighted by atomic mass is 9.93. The summed E-state index contributed by atoms with van der Waals surface area (Å²) < 4.78 is 5.66. The van der Waals surface area contributed by atoms with Crippen molar-refractivity contribution in [1.82, 2.24) is 5.32 Å². The van der Waals surface area contributed by atoms with Gasteiger partial charge in [-0.3, -0.25) is 0 Å². The summed E-state index contributed by atoms with van der Waals surface area (Å²) in [5.41, 5.74) is 1.31. The lowest BCUT2D eigenvalue weighted by molar-refractivity contribution is 0.0326. The Morgan fingerprint density at radius 2 is 1.82 bits per heavy atom. The van der Waals surface area contributed by atoms with Crippen LogP contribution in [0, 0.1) is 5.92 Å². The zero-order valence-electron chi connectivity index (χ0n) is 11.4. The smallest absolute Gasteiger partial charge is 0.0788 e. The molecule has 0 saturated carbocycles. The summed E-state index contributed by atoms with van der Waals surface area (Å²) >= 11 is 0. The lowest BCUT2D eigenvalue weighted by Gasteiger charge is -2.30. The largest absolute Gasteiger partial charge is 0.379 e. The van der Waals surface area contributed by atoms with E-state index < -0.39 is 0 Å². The van der Waals surface area contributed by atoms with Gasteiger partial charge < -0.3 is 10.1 Å². The third-order valence-electron chi connectivity index (χ3n) is 3.03. The molecule has 0 aromatic heterocycles. The van der Waals surface area contributed by atoms with E-state index in [1.165, 1.54) is 5.56 Å². The maximum Gasteiger partial charge on any atom is 0.0788 e. The fourth-order valence-corrected chi connectivity index (χ4v) is 2.18. The van der Waals surface area contributed by atoms with Crippen molar-refractivity contribution in [2.45, 2.75) is 39.3 Å². The van der Waals surface area contributed by atoms with Gasteiger partial charge in [-0.1, -0.05) is 51.1 Å². The van der Waals surface area contributed by atoms with Crippen LogP contribution in [0.15, 0.2) is 30.3 Å². The van der Waals surface area contributed by atoms with Crippen LogP contribution in [-0.4, -0.2) is 19.8 Å². The molecule has 0 bridgehead atoms. The SMILES string of the molecule is CCCNC(c1ccccc1)C(OC)C(C)C. The minimum atomic E-state index is 0.212. The molecule has 17 heavy (non-hydrogen) atoms. The Morgan fingerprint density at radius 1 is 1.18 bits per heavy atom. The van der Waals surface area contributed by atoms with Gasteiger partial charge in [-0.15, -0.1) is 0 Å². The second kappa shape index (κ2) is 7.46. The summed E-state index contributed by atoms with van der Waals surface area (Å²) in [4.78, 5) is 0. The molecule has 1 aromatic carbocycles. The van der Waals surface area contributed by atoms with E-state index in [2.05, 4.69) is 56.4 Å². The van der Waals surface area contributed by atoms with E-state index in [-0.39, 0.29) is 12.1 Å². The van der Waals surface area contributed by atoms with Crippen molar-refractivity contribution in [3.05, 3.63) is 35.9 Å². The molecule has 96 valence electrons. The molecule has 0 saturated heterocycles. The highest BCUT2D eigenvalue weighted by atomic mass is 16.5. The number of hydrogen-bond donors (Lipinski definition) is 1. The van der Waals surface area contributed by atoms with Gasteiger partial charge in [0.2, 0.25) is 0 Å². The number of rotatable bonds is 7. The predicted molar refractivity (Wildman–Crippen MR) is 73.1 cm³/mol. The first kappa shape index (κ1) is 14.2. The van der Waals surface area contributed by atoms with Crippen molar-refractivity contribution in [2.24, 2.45) is 5.92 Å². The van der Waals surface area contributed by atoms with E-state index in [9.17, 15) is 0 Å². The van der Waals surface area contributed by atoms with E-state index in [0.29, 0.717) is 5.92 Å². The molecular weight excluding hydrogens is 210 g/mol. The molecule has 0 heterocycles. The maximum absolute atomic E-state index is 5.66. The Morgan fingerprint density at radius 3 is 2.29 bits per heavy atom. The van der Waals surface area contributed by atoms with Crippen LogP contribution in [0.2, 0.25) is 0 Å². The van der Waals surface area contributed by atoms with E-state index in [1.807, 2.05) is 0 Å². The molecule has 0 aliphatic rings. The number of hydrogen-bond acceptors (Lipinski definition) is 2. The fraction of sp³-hybridized carbons (Fsp3) is 0.600. The number of nitrogens with one attached hydrogen (secondary N) is 1. The van der Waals surface area contributed by atoms with Gasteiger partial charge >= 0.3 is 0 Å². The molecule has 2 unspecified atom stereocenters. The Labute approximate surface area is 105 Å². The number of benzene rings is 1. The highest BCUT2D eigenvalue weighted by molar-refractivity contribution is 5.20. The zero-order valence-corrected chi connectivity index (χ0v) is 11.4. The summed E-state index contributed by atoms with van der Waals surface area (Å²) in [6.07, 6.45) is 1.35. The quantitative estimate of drug-likeness (QED) is 0.782. The van der Waals surface area contributed by atoms with Crippen molar-refractivity contribution < 1.29 is 4.74 Å². The van der Waals surface area contributed by atoms with Crippen molar-refractivity contribution in [3.63, 3.8) is 0 Å². The average molecular weight is 235 g/mol.